The van der Waals surface area contributed by atoms with Crippen LogP contribution in [0.4, 0.5) is 11.4 Å². The highest BCUT2D eigenvalue weighted by Gasteiger charge is 2.17. The molecule has 23 heavy (non-hydrogen) atoms. The molecule has 8 heteroatoms. The minimum Gasteiger partial charge on any atom is -0.494 e. The van der Waals surface area contributed by atoms with E-state index in [0.29, 0.717) is 12.3 Å². The average molecular weight is 317 g/mol. The van der Waals surface area contributed by atoms with Gasteiger partial charge in [0.15, 0.2) is 0 Å². The van der Waals surface area contributed by atoms with Crippen molar-refractivity contribution in [3.8, 4) is 11.6 Å². The van der Waals surface area contributed by atoms with Gasteiger partial charge in [0, 0.05) is 12.3 Å². The SMILES string of the molecule is CCOc1ncccc1C(=O)Nc1ccc([N+](=O)[O-])cc1OC. The Morgan fingerprint density at radius 3 is 2.83 bits per heavy atom. The van der Waals surface area contributed by atoms with Crippen LogP contribution in [0.1, 0.15) is 17.3 Å². The van der Waals surface area contributed by atoms with E-state index in [-0.39, 0.29) is 22.9 Å². The van der Waals surface area contributed by atoms with Crippen LogP contribution >= 0.6 is 0 Å². The minimum absolute atomic E-state index is 0.128. The quantitative estimate of drug-likeness (QED) is 0.649. The zero-order valence-corrected chi connectivity index (χ0v) is 12.6. The van der Waals surface area contributed by atoms with E-state index in [1.54, 1.807) is 19.1 Å². The lowest BCUT2D eigenvalue weighted by Gasteiger charge is -2.11. The van der Waals surface area contributed by atoms with Gasteiger partial charge in [-0.25, -0.2) is 4.98 Å². The maximum Gasteiger partial charge on any atom is 0.273 e. The maximum absolute atomic E-state index is 12.4. The lowest BCUT2D eigenvalue weighted by molar-refractivity contribution is -0.384. The molecule has 0 fully saturated rings. The van der Waals surface area contributed by atoms with Gasteiger partial charge in [-0.2, -0.15) is 0 Å². The van der Waals surface area contributed by atoms with Crippen molar-refractivity contribution in [1.29, 1.82) is 0 Å². The van der Waals surface area contributed by atoms with Crippen molar-refractivity contribution in [2.75, 3.05) is 19.0 Å². The highest BCUT2D eigenvalue weighted by Crippen LogP contribution is 2.29. The fourth-order valence-corrected chi connectivity index (χ4v) is 1.90. The van der Waals surface area contributed by atoms with Crippen LogP contribution in [-0.4, -0.2) is 29.5 Å². The van der Waals surface area contributed by atoms with Gasteiger partial charge in [0.05, 0.1) is 30.4 Å². The van der Waals surface area contributed by atoms with E-state index in [1.165, 1.54) is 31.5 Å². The van der Waals surface area contributed by atoms with Crippen molar-refractivity contribution in [2.24, 2.45) is 0 Å². The molecule has 0 bridgehead atoms. The Hall–Kier alpha value is -3.16. The topological polar surface area (TPSA) is 104 Å². The molecule has 2 rings (SSSR count). The average Bonchev–Trinajstić information content (AvgIpc) is 2.55. The molecule has 0 atom stereocenters. The van der Waals surface area contributed by atoms with Gasteiger partial charge in [0.2, 0.25) is 5.88 Å². The summed E-state index contributed by atoms with van der Waals surface area (Å²) in [6, 6.07) is 7.12. The number of hydrogen-bond acceptors (Lipinski definition) is 6. The second kappa shape index (κ2) is 7.21. The molecule has 120 valence electrons. The number of nitro benzene ring substituents is 1. The minimum atomic E-state index is -0.539. The summed E-state index contributed by atoms with van der Waals surface area (Å²) in [6.45, 7) is 2.16. The fraction of sp³-hybridized carbons (Fsp3) is 0.200. The van der Waals surface area contributed by atoms with Crippen molar-refractivity contribution in [3.63, 3.8) is 0 Å². The first kappa shape index (κ1) is 16.2. The van der Waals surface area contributed by atoms with Crippen molar-refractivity contribution < 1.29 is 19.2 Å². The number of nitrogens with zero attached hydrogens (tertiary/aromatic N) is 2. The predicted molar refractivity (Wildman–Crippen MR) is 83.0 cm³/mol. The zero-order valence-electron chi connectivity index (χ0n) is 12.6. The van der Waals surface area contributed by atoms with Crippen LogP contribution in [0.2, 0.25) is 0 Å². The molecule has 0 saturated heterocycles. The van der Waals surface area contributed by atoms with Crippen molar-refractivity contribution in [2.45, 2.75) is 6.92 Å². The summed E-state index contributed by atoms with van der Waals surface area (Å²) in [7, 11) is 1.37. The monoisotopic (exact) mass is 317 g/mol. The van der Waals surface area contributed by atoms with Crippen LogP contribution in [0.25, 0.3) is 0 Å². The third-order valence-corrected chi connectivity index (χ3v) is 2.94. The maximum atomic E-state index is 12.4. The molecule has 1 N–H and O–H groups in total. The smallest absolute Gasteiger partial charge is 0.273 e. The summed E-state index contributed by atoms with van der Waals surface area (Å²) in [5.41, 5.74) is 0.445. The predicted octanol–water partition coefficient (Wildman–Crippen LogP) is 2.65. The first-order valence-corrected chi connectivity index (χ1v) is 6.78. The molecule has 1 heterocycles. The summed E-state index contributed by atoms with van der Waals surface area (Å²) in [4.78, 5) is 26.6. The number of amides is 1. The number of aromatic nitrogens is 1. The van der Waals surface area contributed by atoms with E-state index in [4.69, 9.17) is 9.47 Å². The number of pyridine rings is 1. The van der Waals surface area contributed by atoms with Crippen LogP contribution in [0.15, 0.2) is 36.5 Å². The molecule has 8 nitrogen and oxygen atoms in total. The Bertz CT molecular complexity index is 733. The summed E-state index contributed by atoms with van der Waals surface area (Å²) >= 11 is 0. The van der Waals surface area contributed by atoms with Crippen LogP contribution in [0.3, 0.4) is 0 Å². The summed E-state index contributed by atoms with van der Waals surface area (Å²) in [6.07, 6.45) is 1.52. The second-order valence-corrected chi connectivity index (χ2v) is 4.38. The molecule has 1 aromatic carbocycles. The number of rotatable bonds is 6. The number of anilines is 1. The standard InChI is InChI=1S/C15H15N3O5/c1-3-23-15-11(5-4-8-16-15)14(19)17-12-7-6-10(18(20)21)9-13(12)22-2/h4-9H,3H2,1-2H3,(H,17,19). The van der Waals surface area contributed by atoms with Crippen LogP contribution in [0.5, 0.6) is 11.6 Å². The largest absolute Gasteiger partial charge is 0.494 e. The van der Waals surface area contributed by atoms with Crippen LogP contribution in [-0.2, 0) is 0 Å². The van der Waals surface area contributed by atoms with E-state index in [0.717, 1.165) is 0 Å². The van der Waals surface area contributed by atoms with Gasteiger partial charge < -0.3 is 14.8 Å². The molecule has 0 aliphatic heterocycles. The summed E-state index contributed by atoms with van der Waals surface area (Å²) in [5.74, 6) is -0.0449. The van der Waals surface area contributed by atoms with Crippen LogP contribution in [0, 0.1) is 10.1 Å². The molecular weight excluding hydrogens is 302 g/mol. The lowest BCUT2D eigenvalue weighted by Crippen LogP contribution is -2.15. The zero-order chi connectivity index (χ0) is 16.8. The molecular formula is C15H15N3O5. The fourth-order valence-electron chi connectivity index (χ4n) is 1.90. The van der Waals surface area contributed by atoms with Gasteiger partial charge >= 0.3 is 0 Å². The first-order chi connectivity index (χ1) is 11.1. The van der Waals surface area contributed by atoms with Gasteiger partial charge in [0.1, 0.15) is 11.3 Å². The number of ether oxygens (including phenoxy) is 2. The summed E-state index contributed by atoms with van der Waals surface area (Å²) < 4.78 is 10.4. The molecule has 1 amide bonds. The van der Waals surface area contributed by atoms with E-state index in [2.05, 4.69) is 10.3 Å². The van der Waals surface area contributed by atoms with Gasteiger partial charge in [-0.1, -0.05) is 0 Å². The van der Waals surface area contributed by atoms with Crippen molar-refractivity contribution >= 4 is 17.3 Å². The molecule has 2 aromatic rings. The number of benzene rings is 1. The Labute approximate surface area is 132 Å². The van der Waals surface area contributed by atoms with Crippen molar-refractivity contribution in [3.05, 3.63) is 52.2 Å². The molecule has 0 aliphatic carbocycles. The molecule has 0 radical (unpaired) electrons. The van der Waals surface area contributed by atoms with E-state index in [9.17, 15) is 14.9 Å². The highest BCUT2D eigenvalue weighted by atomic mass is 16.6. The number of non-ortho nitro benzene ring substituents is 1. The van der Waals surface area contributed by atoms with Crippen molar-refractivity contribution in [1.82, 2.24) is 4.98 Å². The van der Waals surface area contributed by atoms with Gasteiger partial charge in [0.25, 0.3) is 11.6 Å². The number of methoxy groups -OCH3 is 1. The summed E-state index contributed by atoms with van der Waals surface area (Å²) in [5, 5.41) is 13.4. The van der Waals surface area contributed by atoms with E-state index >= 15 is 0 Å². The van der Waals surface area contributed by atoms with Gasteiger partial charge in [-0.3, -0.25) is 14.9 Å². The Morgan fingerprint density at radius 2 is 2.17 bits per heavy atom. The third-order valence-electron chi connectivity index (χ3n) is 2.94. The molecule has 0 saturated carbocycles. The number of carbonyl (C=O) groups is 1. The number of nitrogens with one attached hydrogen (secondary N) is 1. The Kier molecular flexibility index (Phi) is 5.08. The normalized spacial score (nSPS) is 10.0. The first-order valence-electron chi connectivity index (χ1n) is 6.78. The molecule has 0 unspecified atom stereocenters. The molecule has 0 spiro atoms. The number of nitro groups is 1. The van der Waals surface area contributed by atoms with Gasteiger partial charge in [-0.05, 0) is 25.1 Å². The second-order valence-electron chi connectivity index (χ2n) is 4.38. The Balaban J connectivity index is 2.28. The molecule has 0 aliphatic rings. The van der Waals surface area contributed by atoms with E-state index in [1.807, 2.05) is 0 Å². The van der Waals surface area contributed by atoms with Gasteiger partial charge in [-0.15, -0.1) is 0 Å². The lowest BCUT2D eigenvalue weighted by atomic mass is 10.2. The highest BCUT2D eigenvalue weighted by molar-refractivity contribution is 6.06. The number of carbonyl (C=O) groups excluding carboxylic acids is 1. The van der Waals surface area contributed by atoms with E-state index < -0.39 is 10.8 Å². The number of hydrogen-bond donors (Lipinski definition) is 1. The third kappa shape index (κ3) is 3.73. The van der Waals surface area contributed by atoms with Crippen LogP contribution < -0.4 is 14.8 Å². The Morgan fingerprint density at radius 1 is 1.39 bits per heavy atom. The molecule has 1 aromatic heterocycles.